The first kappa shape index (κ1) is 16.2. The van der Waals surface area contributed by atoms with Crippen molar-refractivity contribution in [1.82, 2.24) is 4.98 Å². The first-order valence-corrected chi connectivity index (χ1v) is 8.88. The molecule has 0 saturated carbocycles. The van der Waals surface area contributed by atoms with E-state index in [1.807, 2.05) is 42.5 Å². The van der Waals surface area contributed by atoms with Crippen molar-refractivity contribution in [3.8, 4) is 0 Å². The van der Waals surface area contributed by atoms with Gasteiger partial charge in [0, 0.05) is 41.8 Å². The summed E-state index contributed by atoms with van der Waals surface area (Å²) in [7, 11) is 0. The van der Waals surface area contributed by atoms with E-state index in [0.29, 0.717) is 13.1 Å². The summed E-state index contributed by atoms with van der Waals surface area (Å²) in [5.41, 5.74) is 3.23. The van der Waals surface area contributed by atoms with Crippen LogP contribution in [0, 0.1) is 0 Å². The molecular formula is C20H20ClN3O. The summed E-state index contributed by atoms with van der Waals surface area (Å²) in [6.07, 6.45) is 0.557. The molecule has 1 aliphatic rings. The number of nitrogens with one attached hydrogen (secondary N) is 1. The number of nitrogens with zero attached hydrogens (tertiary/aromatic N) is 2. The van der Waals surface area contributed by atoms with Gasteiger partial charge in [0.15, 0.2) is 0 Å². The Morgan fingerprint density at radius 3 is 2.72 bits per heavy atom. The summed E-state index contributed by atoms with van der Waals surface area (Å²) in [6.45, 7) is 2.22. The summed E-state index contributed by atoms with van der Waals surface area (Å²) >= 11 is 5.94. The van der Waals surface area contributed by atoms with Gasteiger partial charge in [-0.1, -0.05) is 41.9 Å². The molecule has 0 bridgehead atoms. The van der Waals surface area contributed by atoms with Crippen molar-refractivity contribution in [2.24, 2.45) is 0 Å². The highest BCUT2D eigenvalue weighted by molar-refractivity contribution is 6.30. The van der Waals surface area contributed by atoms with E-state index in [2.05, 4.69) is 22.3 Å². The first-order valence-electron chi connectivity index (χ1n) is 8.50. The quantitative estimate of drug-likeness (QED) is 0.742. The Kier molecular flexibility index (Phi) is 4.47. The third-order valence-corrected chi connectivity index (χ3v) is 4.84. The van der Waals surface area contributed by atoms with Crippen molar-refractivity contribution in [2.45, 2.75) is 19.1 Å². The zero-order valence-electron chi connectivity index (χ0n) is 13.8. The third kappa shape index (κ3) is 3.55. The van der Waals surface area contributed by atoms with Crippen LogP contribution in [0.25, 0.3) is 10.9 Å². The number of hydrogen-bond acceptors (Lipinski definition) is 4. The lowest BCUT2D eigenvalue weighted by Gasteiger charge is -2.21. The summed E-state index contributed by atoms with van der Waals surface area (Å²) in [4.78, 5) is 6.97. The average Bonchev–Trinajstić information content (AvgIpc) is 3.07. The Morgan fingerprint density at radius 1 is 1.16 bits per heavy atom. The molecule has 2 N–H and O–H groups in total. The van der Waals surface area contributed by atoms with E-state index in [1.54, 1.807) is 0 Å². The molecule has 1 fully saturated rings. The van der Waals surface area contributed by atoms with Crippen molar-refractivity contribution >= 4 is 34.0 Å². The second-order valence-corrected chi connectivity index (χ2v) is 6.85. The predicted molar refractivity (Wildman–Crippen MR) is 103 cm³/mol. The van der Waals surface area contributed by atoms with Crippen LogP contribution in [0.1, 0.15) is 12.0 Å². The van der Waals surface area contributed by atoms with E-state index in [4.69, 9.17) is 16.6 Å². The van der Waals surface area contributed by atoms with Crippen LogP contribution in [0.15, 0.2) is 54.6 Å². The van der Waals surface area contributed by atoms with Gasteiger partial charge in [-0.2, -0.15) is 0 Å². The SMILES string of the molecule is O[C@H]1CCN(c2cc(NCc3ccc(Cl)cc3)nc3ccccc23)C1. The van der Waals surface area contributed by atoms with Gasteiger partial charge in [-0.15, -0.1) is 0 Å². The minimum atomic E-state index is -0.252. The van der Waals surface area contributed by atoms with Gasteiger partial charge < -0.3 is 15.3 Å². The highest BCUT2D eigenvalue weighted by Gasteiger charge is 2.22. The lowest BCUT2D eigenvalue weighted by atomic mass is 10.1. The van der Waals surface area contributed by atoms with Gasteiger partial charge in [0.2, 0.25) is 0 Å². The maximum absolute atomic E-state index is 9.89. The summed E-state index contributed by atoms with van der Waals surface area (Å²) < 4.78 is 0. The van der Waals surface area contributed by atoms with Crippen LogP contribution < -0.4 is 10.2 Å². The number of para-hydroxylation sites is 1. The van der Waals surface area contributed by atoms with E-state index >= 15 is 0 Å². The van der Waals surface area contributed by atoms with Crippen molar-refractivity contribution in [1.29, 1.82) is 0 Å². The zero-order valence-corrected chi connectivity index (χ0v) is 14.6. The molecule has 25 heavy (non-hydrogen) atoms. The molecule has 0 amide bonds. The second-order valence-electron chi connectivity index (χ2n) is 6.41. The predicted octanol–water partition coefficient (Wildman–Crippen LogP) is 4.07. The standard InChI is InChI=1S/C20H20ClN3O/c21-15-7-5-14(6-8-15)12-22-20-11-19(24-10-9-16(25)13-24)17-3-1-2-4-18(17)23-20/h1-8,11,16,25H,9-10,12-13H2,(H,22,23)/t16-/m0/s1. The van der Waals surface area contributed by atoms with Gasteiger partial charge >= 0.3 is 0 Å². The topological polar surface area (TPSA) is 48.4 Å². The molecule has 3 aromatic rings. The number of anilines is 2. The molecular weight excluding hydrogens is 334 g/mol. The number of aliphatic hydroxyl groups excluding tert-OH is 1. The van der Waals surface area contributed by atoms with E-state index in [9.17, 15) is 5.11 Å². The summed E-state index contributed by atoms with van der Waals surface area (Å²) in [6, 6.07) is 18.0. The summed E-state index contributed by atoms with van der Waals surface area (Å²) in [5, 5.41) is 15.2. The monoisotopic (exact) mass is 353 g/mol. The molecule has 2 aromatic carbocycles. The fourth-order valence-electron chi connectivity index (χ4n) is 3.26. The first-order chi connectivity index (χ1) is 12.2. The van der Waals surface area contributed by atoms with Gasteiger partial charge in [0.1, 0.15) is 5.82 Å². The van der Waals surface area contributed by atoms with E-state index in [-0.39, 0.29) is 6.10 Å². The number of β-amino-alcohol motifs (C(OH)–C–C–N with tert-alkyl or cyclic N) is 1. The second kappa shape index (κ2) is 6.90. The van der Waals surface area contributed by atoms with E-state index < -0.39 is 0 Å². The molecule has 4 rings (SSSR count). The van der Waals surface area contributed by atoms with Crippen LogP contribution in [0.3, 0.4) is 0 Å². The Balaban J connectivity index is 1.63. The highest BCUT2D eigenvalue weighted by Crippen LogP contribution is 2.31. The Hall–Kier alpha value is -2.30. The fourth-order valence-corrected chi connectivity index (χ4v) is 3.39. The van der Waals surface area contributed by atoms with Crippen LogP contribution in [0.5, 0.6) is 0 Å². The molecule has 1 aromatic heterocycles. The van der Waals surface area contributed by atoms with Gasteiger partial charge in [-0.05, 0) is 30.2 Å². The van der Waals surface area contributed by atoms with Gasteiger partial charge in [0.25, 0.3) is 0 Å². The molecule has 128 valence electrons. The van der Waals surface area contributed by atoms with Crippen LogP contribution >= 0.6 is 11.6 Å². The van der Waals surface area contributed by atoms with Crippen molar-refractivity contribution in [3.05, 3.63) is 65.2 Å². The van der Waals surface area contributed by atoms with Crippen molar-refractivity contribution in [2.75, 3.05) is 23.3 Å². The van der Waals surface area contributed by atoms with E-state index in [1.165, 1.54) is 0 Å². The van der Waals surface area contributed by atoms with Crippen molar-refractivity contribution < 1.29 is 5.11 Å². The maximum Gasteiger partial charge on any atom is 0.129 e. The fraction of sp³-hybridized carbons (Fsp3) is 0.250. The van der Waals surface area contributed by atoms with Crippen LogP contribution in [0.4, 0.5) is 11.5 Å². The average molecular weight is 354 g/mol. The number of pyridine rings is 1. The molecule has 1 aliphatic heterocycles. The largest absolute Gasteiger partial charge is 0.391 e. The smallest absolute Gasteiger partial charge is 0.129 e. The number of hydrogen-bond donors (Lipinski definition) is 2. The Labute approximate surface area is 152 Å². The Bertz CT molecular complexity index is 882. The molecule has 4 nitrogen and oxygen atoms in total. The lowest BCUT2D eigenvalue weighted by Crippen LogP contribution is -2.21. The number of benzene rings is 2. The Morgan fingerprint density at radius 2 is 1.96 bits per heavy atom. The van der Waals surface area contributed by atoms with E-state index in [0.717, 1.165) is 46.0 Å². The van der Waals surface area contributed by atoms with Gasteiger partial charge in [-0.25, -0.2) is 4.98 Å². The number of halogens is 1. The molecule has 0 radical (unpaired) electrons. The minimum Gasteiger partial charge on any atom is -0.391 e. The number of aromatic nitrogens is 1. The molecule has 1 saturated heterocycles. The van der Waals surface area contributed by atoms with Crippen LogP contribution in [-0.2, 0) is 6.54 Å². The molecule has 0 unspecified atom stereocenters. The highest BCUT2D eigenvalue weighted by atomic mass is 35.5. The van der Waals surface area contributed by atoms with Crippen molar-refractivity contribution in [3.63, 3.8) is 0 Å². The molecule has 5 heteroatoms. The molecule has 0 spiro atoms. The maximum atomic E-state index is 9.89. The number of aliphatic hydroxyl groups is 1. The lowest BCUT2D eigenvalue weighted by molar-refractivity contribution is 0.198. The number of rotatable bonds is 4. The molecule has 1 atom stereocenters. The zero-order chi connectivity index (χ0) is 17.2. The minimum absolute atomic E-state index is 0.252. The van der Waals surface area contributed by atoms with Gasteiger partial charge in [-0.3, -0.25) is 0 Å². The summed E-state index contributed by atoms with van der Waals surface area (Å²) in [5.74, 6) is 0.838. The molecule has 2 heterocycles. The van der Waals surface area contributed by atoms with Gasteiger partial charge in [0.05, 0.1) is 11.6 Å². The molecule has 0 aliphatic carbocycles. The van der Waals surface area contributed by atoms with Crippen LogP contribution in [0.2, 0.25) is 5.02 Å². The third-order valence-electron chi connectivity index (χ3n) is 4.59. The van der Waals surface area contributed by atoms with Crippen LogP contribution in [-0.4, -0.2) is 29.3 Å². The number of fused-ring (bicyclic) bond motifs is 1. The normalized spacial score (nSPS) is 17.2.